The fraction of sp³-hybridized carbons (Fsp3) is 0.364. The van der Waals surface area contributed by atoms with E-state index < -0.39 is 10.0 Å². The maximum absolute atomic E-state index is 12.1. The van der Waals surface area contributed by atoms with Gasteiger partial charge in [-0.1, -0.05) is 6.92 Å². The molecule has 3 N–H and O–H groups in total. The zero-order valence-electron chi connectivity index (χ0n) is 10.6. The van der Waals surface area contributed by atoms with Gasteiger partial charge in [-0.2, -0.15) is 8.42 Å². The summed E-state index contributed by atoms with van der Waals surface area (Å²) in [5, 5.41) is 0.193. The molecule has 104 valence electrons. The zero-order valence-corrected chi connectivity index (χ0v) is 12.3. The summed E-state index contributed by atoms with van der Waals surface area (Å²) in [6.45, 7) is 4.04. The summed E-state index contributed by atoms with van der Waals surface area (Å²) in [5.74, 6) is 0.421. The molecule has 0 spiro atoms. The van der Waals surface area contributed by atoms with Crippen molar-refractivity contribution in [1.82, 2.24) is 4.98 Å². The molecule has 0 aliphatic rings. The van der Waals surface area contributed by atoms with Crippen LogP contribution in [0.2, 0.25) is 0 Å². The molecular formula is C11H15N3O3S2. The van der Waals surface area contributed by atoms with Gasteiger partial charge in [0.15, 0.2) is 5.13 Å². The summed E-state index contributed by atoms with van der Waals surface area (Å²) < 4.78 is 31.7. The number of hydrogen-bond donors (Lipinski definition) is 2. The van der Waals surface area contributed by atoms with Gasteiger partial charge in [0, 0.05) is 4.88 Å². The van der Waals surface area contributed by atoms with Crippen LogP contribution in [0.1, 0.15) is 23.3 Å². The minimum atomic E-state index is -3.74. The lowest BCUT2D eigenvalue weighted by atomic mass is 10.3. The highest BCUT2D eigenvalue weighted by molar-refractivity contribution is 7.92. The summed E-state index contributed by atoms with van der Waals surface area (Å²) in [6.07, 6.45) is 0.766. The van der Waals surface area contributed by atoms with Gasteiger partial charge in [0.25, 0.3) is 10.0 Å². The predicted octanol–water partition coefficient (Wildman–Crippen LogP) is 1.87. The summed E-state index contributed by atoms with van der Waals surface area (Å²) in [4.78, 5) is 5.23. The van der Waals surface area contributed by atoms with Crippen LogP contribution in [0.4, 0.5) is 5.13 Å². The van der Waals surface area contributed by atoms with Gasteiger partial charge in [0.1, 0.15) is 5.76 Å². The summed E-state index contributed by atoms with van der Waals surface area (Å²) >= 11 is 1.31. The molecule has 0 saturated carbocycles. The molecule has 6 nitrogen and oxygen atoms in total. The Morgan fingerprint density at radius 1 is 1.47 bits per heavy atom. The van der Waals surface area contributed by atoms with Crippen molar-refractivity contribution in [1.29, 1.82) is 0 Å². The molecule has 2 aromatic heterocycles. The maximum Gasteiger partial charge on any atom is 0.297 e. The Hall–Kier alpha value is -1.38. The van der Waals surface area contributed by atoms with Crippen molar-refractivity contribution in [2.75, 3.05) is 4.72 Å². The van der Waals surface area contributed by atoms with E-state index >= 15 is 0 Å². The molecule has 19 heavy (non-hydrogen) atoms. The minimum Gasteiger partial charge on any atom is -0.446 e. The highest BCUT2D eigenvalue weighted by atomic mass is 32.2. The fourth-order valence-corrected chi connectivity index (χ4v) is 3.67. The average molecular weight is 301 g/mol. The SMILES string of the molecule is CCc1nc(NS(=O)(=O)c2ccc(CN)o2)sc1C. The Bertz CT molecular complexity index is 673. The van der Waals surface area contributed by atoms with Crippen LogP contribution in [-0.4, -0.2) is 13.4 Å². The first-order valence-electron chi connectivity index (χ1n) is 5.74. The predicted molar refractivity (Wildman–Crippen MR) is 73.6 cm³/mol. The molecule has 0 aromatic carbocycles. The molecule has 0 radical (unpaired) electrons. The normalized spacial score (nSPS) is 11.7. The van der Waals surface area contributed by atoms with E-state index in [4.69, 9.17) is 10.2 Å². The Kier molecular flexibility index (Phi) is 3.93. The summed E-state index contributed by atoms with van der Waals surface area (Å²) in [6, 6.07) is 2.92. The van der Waals surface area contributed by atoms with Gasteiger partial charge in [0.05, 0.1) is 12.2 Å². The first-order chi connectivity index (χ1) is 8.96. The van der Waals surface area contributed by atoms with Crippen LogP contribution in [0.25, 0.3) is 0 Å². The van der Waals surface area contributed by atoms with Crippen LogP contribution >= 0.6 is 11.3 Å². The number of nitrogens with two attached hydrogens (primary N) is 1. The molecule has 8 heteroatoms. The molecule has 0 amide bonds. The van der Waals surface area contributed by atoms with Gasteiger partial charge in [0.2, 0.25) is 5.09 Å². The number of nitrogens with zero attached hydrogens (tertiary/aromatic N) is 1. The third-order valence-electron chi connectivity index (χ3n) is 2.55. The monoisotopic (exact) mass is 301 g/mol. The first-order valence-corrected chi connectivity index (χ1v) is 8.04. The molecule has 2 aromatic rings. The second-order valence-corrected chi connectivity index (χ2v) is 6.72. The van der Waals surface area contributed by atoms with Crippen molar-refractivity contribution < 1.29 is 12.8 Å². The van der Waals surface area contributed by atoms with E-state index in [1.807, 2.05) is 13.8 Å². The number of sulfonamides is 1. The lowest BCUT2D eigenvalue weighted by Gasteiger charge is -2.01. The third-order valence-corrected chi connectivity index (χ3v) is 4.82. The Morgan fingerprint density at radius 3 is 2.74 bits per heavy atom. The molecule has 2 rings (SSSR count). The number of aryl methyl sites for hydroxylation is 2. The molecular weight excluding hydrogens is 286 g/mol. The maximum atomic E-state index is 12.1. The number of aromatic nitrogens is 1. The Balaban J connectivity index is 2.25. The van der Waals surface area contributed by atoms with Crippen LogP contribution in [-0.2, 0) is 23.0 Å². The number of nitrogens with one attached hydrogen (secondary N) is 1. The largest absolute Gasteiger partial charge is 0.446 e. The average Bonchev–Trinajstić information content (AvgIpc) is 2.95. The van der Waals surface area contributed by atoms with Crippen molar-refractivity contribution in [2.24, 2.45) is 5.73 Å². The smallest absolute Gasteiger partial charge is 0.297 e. The molecule has 0 aliphatic carbocycles. The second kappa shape index (κ2) is 5.32. The van der Waals surface area contributed by atoms with Crippen molar-refractivity contribution in [2.45, 2.75) is 31.9 Å². The summed E-state index contributed by atoms with van der Waals surface area (Å²) in [7, 11) is -3.74. The van der Waals surface area contributed by atoms with E-state index in [0.717, 1.165) is 17.0 Å². The van der Waals surface area contributed by atoms with Gasteiger partial charge in [-0.15, -0.1) is 11.3 Å². The molecule has 0 bridgehead atoms. The lowest BCUT2D eigenvalue weighted by Crippen LogP contribution is -2.12. The van der Waals surface area contributed by atoms with E-state index in [1.165, 1.54) is 17.4 Å². The van der Waals surface area contributed by atoms with Gasteiger partial charge in [-0.05, 0) is 25.5 Å². The quantitative estimate of drug-likeness (QED) is 0.878. The van der Waals surface area contributed by atoms with Crippen LogP contribution in [0.15, 0.2) is 21.6 Å². The number of furan rings is 1. The number of hydrogen-bond acceptors (Lipinski definition) is 6. The van der Waals surface area contributed by atoms with Gasteiger partial charge >= 0.3 is 0 Å². The molecule has 2 heterocycles. The van der Waals surface area contributed by atoms with Gasteiger partial charge < -0.3 is 10.2 Å². The third kappa shape index (κ3) is 2.96. The first kappa shape index (κ1) is 14.0. The van der Waals surface area contributed by atoms with Gasteiger partial charge in [-0.3, -0.25) is 4.72 Å². The molecule has 0 saturated heterocycles. The van der Waals surface area contributed by atoms with Gasteiger partial charge in [-0.25, -0.2) is 4.98 Å². The van der Waals surface area contributed by atoms with Crippen molar-refractivity contribution in [3.63, 3.8) is 0 Å². The standard InChI is InChI=1S/C11H15N3O3S2/c1-3-9-7(2)18-11(13-9)14-19(15,16)10-5-4-8(6-12)17-10/h4-5H,3,6,12H2,1-2H3,(H,13,14). The minimum absolute atomic E-state index is 0.154. The molecule has 0 unspecified atom stereocenters. The molecule has 0 fully saturated rings. The van der Waals surface area contributed by atoms with E-state index in [0.29, 0.717) is 10.9 Å². The fourth-order valence-electron chi connectivity index (χ4n) is 1.58. The Labute approximate surface area is 115 Å². The summed E-state index contributed by atoms with van der Waals surface area (Å²) in [5.41, 5.74) is 6.27. The highest BCUT2D eigenvalue weighted by Crippen LogP contribution is 2.25. The number of thiazole rings is 1. The number of rotatable bonds is 5. The van der Waals surface area contributed by atoms with Crippen LogP contribution in [0.3, 0.4) is 0 Å². The van der Waals surface area contributed by atoms with Crippen LogP contribution in [0.5, 0.6) is 0 Å². The van der Waals surface area contributed by atoms with Crippen molar-refractivity contribution in [3.8, 4) is 0 Å². The highest BCUT2D eigenvalue weighted by Gasteiger charge is 2.20. The number of anilines is 1. The van der Waals surface area contributed by atoms with Crippen LogP contribution < -0.4 is 10.5 Å². The Morgan fingerprint density at radius 2 is 2.21 bits per heavy atom. The van der Waals surface area contributed by atoms with E-state index in [-0.39, 0.29) is 11.6 Å². The zero-order chi connectivity index (χ0) is 14.0. The van der Waals surface area contributed by atoms with Crippen molar-refractivity contribution in [3.05, 3.63) is 28.5 Å². The molecule has 0 aliphatic heterocycles. The van der Waals surface area contributed by atoms with Crippen molar-refractivity contribution >= 4 is 26.5 Å². The molecule has 0 atom stereocenters. The van der Waals surface area contributed by atoms with E-state index in [2.05, 4.69) is 9.71 Å². The lowest BCUT2D eigenvalue weighted by molar-refractivity contribution is 0.417. The van der Waals surface area contributed by atoms with Crippen LogP contribution in [0, 0.1) is 6.92 Å². The van der Waals surface area contributed by atoms with E-state index in [1.54, 1.807) is 6.07 Å². The van der Waals surface area contributed by atoms with E-state index in [9.17, 15) is 8.42 Å². The topological polar surface area (TPSA) is 98.2 Å². The second-order valence-electron chi connectivity index (χ2n) is 3.91.